The molecule has 2 rings (SSSR count). The summed E-state index contributed by atoms with van der Waals surface area (Å²) in [7, 11) is 1.78. The number of aliphatic hydroxyl groups excluding tert-OH is 1. The van der Waals surface area contributed by atoms with Crippen molar-refractivity contribution in [2.75, 3.05) is 11.9 Å². The highest BCUT2D eigenvalue weighted by molar-refractivity contribution is 7.14. The maximum atomic E-state index is 11.9. The van der Waals surface area contributed by atoms with Crippen LogP contribution < -0.4 is 5.32 Å². The summed E-state index contributed by atoms with van der Waals surface area (Å²) in [4.78, 5) is 13.2. The summed E-state index contributed by atoms with van der Waals surface area (Å²) >= 11 is 1.28. The van der Waals surface area contributed by atoms with Gasteiger partial charge in [0.05, 0.1) is 9.75 Å². The van der Waals surface area contributed by atoms with Gasteiger partial charge in [0.1, 0.15) is 6.61 Å². The zero-order valence-corrected chi connectivity index (χ0v) is 10.5. The van der Waals surface area contributed by atoms with Crippen LogP contribution in [-0.4, -0.2) is 27.4 Å². The molecule has 2 aromatic heterocycles. The quantitative estimate of drug-likeness (QED) is 0.795. The fourth-order valence-corrected chi connectivity index (χ4v) is 2.09. The van der Waals surface area contributed by atoms with Crippen LogP contribution >= 0.6 is 11.3 Å². The molecule has 0 saturated carbocycles. The second-order valence-electron chi connectivity index (χ2n) is 3.45. The Labute approximate surface area is 108 Å². The molecule has 0 saturated heterocycles. The first kappa shape index (κ1) is 12.4. The number of hydrogen-bond donors (Lipinski definition) is 2. The largest absolute Gasteiger partial charge is 0.384 e. The molecule has 0 spiro atoms. The lowest BCUT2D eigenvalue weighted by Gasteiger charge is -1.97. The van der Waals surface area contributed by atoms with E-state index in [0.717, 1.165) is 4.88 Å². The molecule has 0 aromatic carbocycles. The molecule has 0 radical (unpaired) electrons. The summed E-state index contributed by atoms with van der Waals surface area (Å²) in [6.07, 6.45) is 1.75. The number of hydrogen-bond acceptors (Lipinski definition) is 4. The van der Waals surface area contributed by atoms with E-state index in [4.69, 9.17) is 5.11 Å². The molecule has 0 aliphatic heterocycles. The molecule has 0 bridgehead atoms. The minimum Gasteiger partial charge on any atom is -0.384 e. The first-order valence-electron chi connectivity index (χ1n) is 5.19. The highest BCUT2D eigenvalue weighted by Gasteiger charge is 2.09. The minimum atomic E-state index is -0.212. The first-order valence-corrected chi connectivity index (χ1v) is 6.01. The second-order valence-corrected chi connectivity index (χ2v) is 4.54. The summed E-state index contributed by atoms with van der Waals surface area (Å²) in [5, 5.41) is 15.3. The van der Waals surface area contributed by atoms with E-state index >= 15 is 0 Å². The number of anilines is 1. The van der Waals surface area contributed by atoms with Crippen LogP contribution in [0.4, 0.5) is 5.82 Å². The fourth-order valence-electron chi connectivity index (χ4n) is 1.31. The highest BCUT2D eigenvalue weighted by Crippen LogP contribution is 2.16. The van der Waals surface area contributed by atoms with E-state index in [1.54, 1.807) is 36.1 Å². The standard InChI is InChI=1S/C12H11N3O2S/c1-15-7-6-11(14-15)13-12(17)10-5-4-9(18-10)3-2-8-16/h4-7,16H,8H2,1H3,(H,13,14,17). The lowest BCUT2D eigenvalue weighted by atomic mass is 10.4. The van der Waals surface area contributed by atoms with E-state index in [1.807, 2.05) is 0 Å². The van der Waals surface area contributed by atoms with E-state index < -0.39 is 0 Å². The molecule has 5 nitrogen and oxygen atoms in total. The van der Waals surface area contributed by atoms with Crippen LogP contribution in [0.15, 0.2) is 24.4 Å². The van der Waals surface area contributed by atoms with Gasteiger partial charge in [-0.15, -0.1) is 11.3 Å². The normalized spacial score (nSPS) is 9.67. The van der Waals surface area contributed by atoms with Crippen molar-refractivity contribution >= 4 is 23.1 Å². The van der Waals surface area contributed by atoms with Crippen molar-refractivity contribution in [2.45, 2.75) is 0 Å². The van der Waals surface area contributed by atoms with Gasteiger partial charge < -0.3 is 10.4 Å². The van der Waals surface area contributed by atoms with Crippen LogP contribution in [0.2, 0.25) is 0 Å². The SMILES string of the molecule is Cn1ccc(NC(=O)c2ccc(C#CCO)s2)n1. The highest BCUT2D eigenvalue weighted by atomic mass is 32.1. The number of nitrogens with zero attached hydrogens (tertiary/aromatic N) is 2. The van der Waals surface area contributed by atoms with Crippen molar-refractivity contribution in [3.63, 3.8) is 0 Å². The Balaban J connectivity index is 2.07. The van der Waals surface area contributed by atoms with Crippen LogP contribution in [0.5, 0.6) is 0 Å². The average molecular weight is 261 g/mol. The third-order valence-electron chi connectivity index (χ3n) is 2.08. The van der Waals surface area contributed by atoms with Crippen molar-refractivity contribution in [1.29, 1.82) is 0 Å². The Morgan fingerprint density at radius 1 is 1.56 bits per heavy atom. The van der Waals surface area contributed by atoms with Crippen molar-refractivity contribution in [1.82, 2.24) is 9.78 Å². The van der Waals surface area contributed by atoms with Gasteiger partial charge in [-0.05, 0) is 12.1 Å². The maximum Gasteiger partial charge on any atom is 0.266 e. The number of aromatic nitrogens is 2. The third kappa shape index (κ3) is 2.97. The minimum absolute atomic E-state index is 0.187. The Morgan fingerprint density at radius 2 is 2.39 bits per heavy atom. The average Bonchev–Trinajstić information content (AvgIpc) is 2.96. The molecule has 0 fully saturated rings. The van der Waals surface area contributed by atoms with E-state index in [9.17, 15) is 4.79 Å². The summed E-state index contributed by atoms with van der Waals surface area (Å²) in [5.41, 5.74) is 0. The van der Waals surface area contributed by atoms with Gasteiger partial charge in [-0.2, -0.15) is 5.10 Å². The maximum absolute atomic E-state index is 11.9. The number of nitrogens with one attached hydrogen (secondary N) is 1. The van der Waals surface area contributed by atoms with Gasteiger partial charge in [-0.1, -0.05) is 11.8 Å². The molecule has 2 heterocycles. The molecule has 18 heavy (non-hydrogen) atoms. The molecule has 6 heteroatoms. The lowest BCUT2D eigenvalue weighted by molar-refractivity contribution is 0.103. The Morgan fingerprint density at radius 3 is 3.06 bits per heavy atom. The first-order chi connectivity index (χ1) is 8.69. The number of carbonyl (C=O) groups is 1. The third-order valence-corrected chi connectivity index (χ3v) is 3.08. The number of carbonyl (C=O) groups excluding carboxylic acids is 1. The van der Waals surface area contributed by atoms with Crippen LogP contribution in [0, 0.1) is 11.8 Å². The fraction of sp³-hybridized carbons (Fsp3) is 0.167. The summed E-state index contributed by atoms with van der Waals surface area (Å²) in [6.45, 7) is -0.187. The van der Waals surface area contributed by atoms with E-state index in [2.05, 4.69) is 22.3 Å². The van der Waals surface area contributed by atoms with Crippen LogP contribution in [0.25, 0.3) is 0 Å². The Bertz CT molecular complexity index is 619. The van der Waals surface area contributed by atoms with Crippen LogP contribution in [0.3, 0.4) is 0 Å². The number of rotatable bonds is 2. The van der Waals surface area contributed by atoms with Gasteiger partial charge >= 0.3 is 0 Å². The van der Waals surface area contributed by atoms with Crippen LogP contribution in [0.1, 0.15) is 14.5 Å². The number of aliphatic hydroxyl groups is 1. The summed E-state index contributed by atoms with van der Waals surface area (Å²) in [5.74, 6) is 5.60. The molecule has 0 aliphatic rings. The molecular formula is C12H11N3O2S. The van der Waals surface area contributed by atoms with Gasteiger partial charge in [0.2, 0.25) is 0 Å². The van der Waals surface area contributed by atoms with Crippen molar-refractivity contribution in [2.24, 2.45) is 7.05 Å². The molecule has 92 valence electrons. The predicted molar refractivity (Wildman–Crippen MR) is 69.4 cm³/mol. The smallest absolute Gasteiger partial charge is 0.266 e. The predicted octanol–water partition coefficient (Wildman–Crippen LogP) is 1.08. The van der Waals surface area contributed by atoms with E-state index in [1.165, 1.54) is 11.3 Å². The van der Waals surface area contributed by atoms with Crippen molar-refractivity contribution in [3.05, 3.63) is 34.2 Å². The van der Waals surface area contributed by atoms with Gasteiger partial charge in [-0.3, -0.25) is 9.48 Å². The topological polar surface area (TPSA) is 67.2 Å². The van der Waals surface area contributed by atoms with E-state index in [-0.39, 0.29) is 12.5 Å². The van der Waals surface area contributed by atoms with Crippen molar-refractivity contribution < 1.29 is 9.90 Å². The molecule has 2 aromatic rings. The number of thiophene rings is 1. The Hall–Kier alpha value is -2.10. The number of aryl methyl sites for hydroxylation is 1. The van der Waals surface area contributed by atoms with E-state index in [0.29, 0.717) is 10.7 Å². The lowest BCUT2D eigenvalue weighted by Crippen LogP contribution is -2.10. The zero-order valence-electron chi connectivity index (χ0n) is 9.67. The molecular weight excluding hydrogens is 250 g/mol. The molecule has 1 amide bonds. The van der Waals surface area contributed by atoms with Gasteiger partial charge in [0.25, 0.3) is 5.91 Å². The molecule has 2 N–H and O–H groups in total. The molecule has 0 atom stereocenters. The summed E-state index contributed by atoms with van der Waals surface area (Å²) < 4.78 is 1.61. The monoisotopic (exact) mass is 261 g/mol. The van der Waals surface area contributed by atoms with Gasteiger partial charge in [0, 0.05) is 19.3 Å². The van der Waals surface area contributed by atoms with Gasteiger partial charge in [-0.25, -0.2) is 0 Å². The van der Waals surface area contributed by atoms with Crippen LogP contribution in [-0.2, 0) is 7.05 Å². The molecule has 0 unspecified atom stereocenters. The second kappa shape index (κ2) is 5.49. The number of amides is 1. The van der Waals surface area contributed by atoms with Crippen molar-refractivity contribution in [3.8, 4) is 11.8 Å². The zero-order chi connectivity index (χ0) is 13.0. The Kier molecular flexibility index (Phi) is 3.77. The summed E-state index contributed by atoms with van der Waals surface area (Å²) in [6, 6.07) is 5.17. The molecule has 0 aliphatic carbocycles. The van der Waals surface area contributed by atoms with Gasteiger partial charge in [0.15, 0.2) is 5.82 Å².